The lowest BCUT2D eigenvalue weighted by Crippen LogP contribution is -2.14. The molecule has 0 aromatic carbocycles. The van der Waals surface area contributed by atoms with Crippen molar-refractivity contribution in [3.8, 4) is 5.75 Å². The first-order chi connectivity index (χ1) is 6.36. The van der Waals surface area contributed by atoms with Gasteiger partial charge in [-0.25, -0.2) is 0 Å². The number of rotatable bonds is 1. The zero-order chi connectivity index (χ0) is 9.10. The summed E-state index contributed by atoms with van der Waals surface area (Å²) in [6, 6.07) is 1.79. The van der Waals surface area contributed by atoms with E-state index >= 15 is 0 Å². The minimum atomic E-state index is 0.254. The highest BCUT2D eigenvalue weighted by molar-refractivity contribution is 5.25. The lowest BCUT2D eigenvalue weighted by atomic mass is 9.93. The van der Waals surface area contributed by atoms with Gasteiger partial charge in [0.25, 0.3) is 0 Å². The summed E-state index contributed by atoms with van der Waals surface area (Å²) >= 11 is 0. The van der Waals surface area contributed by atoms with Crippen LogP contribution < -0.4 is 0 Å². The summed E-state index contributed by atoms with van der Waals surface area (Å²) in [5.41, 5.74) is 1.13. The molecule has 13 heavy (non-hydrogen) atoms. The van der Waals surface area contributed by atoms with Crippen molar-refractivity contribution in [2.24, 2.45) is 0 Å². The van der Waals surface area contributed by atoms with Gasteiger partial charge in [0.2, 0.25) is 0 Å². The average Bonchev–Trinajstić information content (AvgIpc) is 2.19. The van der Waals surface area contributed by atoms with E-state index in [9.17, 15) is 5.11 Å². The monoisotopic (exact) mass is 179 g/mol. The predicted octanol–water partition coefficient (Wildman–Crippen LogP) is 1.68. The Labute approximate surface area is 77.4 Å². The zero-order valence-corrected chi connectivity index (χ0v) is 7.44. The van der Waals surface area contributed by atoms with Gasteiger partial charge in [-0.2, -0.15) is 0 Å². The molecule has 1 aromatic heterocycles. The third-order valence-electron chi connectivity index (χ3n) is 2.44. The van der Waals surface area contributed by atoms with E-state index in [-0.39, 0.29) is 5.75 Å². The van der Waals surface area contributed by atoms with E-state index < -0.39 is 0 Å². The molecule has 0 bridgehead atoms. The molecule has 3 heteroatoms. The Hall–Kier alpha value is -1.09. The van der Waals surface area contributed by atoms with E-state index in [1.54, 1.807) is 6.07 Å². The quantitative estimate of drug-likeness (QED) is 0.713. The highest BCUT2D eigenvalue weighted by atomic mass is 16.5. The molecule has 0 aliphatic carbocycles. The van der Waals surface area contributed by atoms with Crippen LogP contribution in [0.1, 0.15) is 24.3 Å². The van der Waals surface area contributed by atoms with Crippen LogP contribution >= 0.6 is 0 Å². The number of aromatic nitrogens is 1. The Morgan fingerprint density at radius 3 is 2.77 bits per heavy atom. The van der Waals surface area contributed by atoms with Gasteiger partial charge in [0.15, 0.2) is 0 Å². The number of pyridine rings is 1. The Balaban J connectivity index is 2.14. The molecule has 70 valence electrons. The highest BCUT2D eigenvalue weighted by Gasteiger charge is 2.16. The number of hydrogen-bond donors (Lipinski definition) is 1. The van der Waals surface area contributed by atoms with E-state index in [2.05, 4.69) is 4.98 Å². The second kappa shape index (κ2) is 3.75. The van der Waals surface area contributed by atoms with Crippen LogP contribution in [0, 0.1) is 0 Å². The molecule has 2 rings (SSSR count). The number of aromatic hydroxyl groups is 1. The fourth-order valence-corrected chi connectivity index (χ4v) is 1.70. The minimum absolute atomic E-state index is 0.254. The van der Waals surface area contributed by atoms with Crippen molar-refractivity contribution in [2.45, 2.75) is 18.8 Å². The summed E-state index contributed by atoms with van der Waals surface area (Å²) in [6.07, 6.45) is 5.36. The Morgan fingerprint density at radius 1 is 1.31 bits per heavy atom. The molecular weight excluding hydrogens is 166 g/mol. The maximum atomic E-state index is 9.25. The van der Waals surface area contributed by atoms with E-state index in [4.69, 9.17) is 4.74 Å². The van der Waals surface area contributed by atoms with Crippen LogP contribution in [0.4, 0.5) is 0 Å². The van der Waals surface area contributed by atoms with Gasteiger partial charge in [0, 0.05) is 19.4 Å². The van der Waals surface area contributed by atoms with Crippen LogP contribution in [0.15, 0.2) is 18.5 Å². The van der Waals surface area contributed by atoms with Crippen molar-refractivity contribution in [3.63, 3.8) is 0 Å². The summed E-state index contributed by atoms with van der Waals surface area (Å²) < 4.78 is 5.27. The van der Waals surface area contributed by atoms with Gasteiger partial charge in [-0.05, 0) is 30.4 Å². The molecule has 1 saturated heterocycles. The molecule has 0 radical (unpaired) electrons. The molecule has 1 fully saturated rings. The second-order valence-electron chi connectivity index (χ2n) is 3.36. The average molecular weight is 179 g/mol. The van der Waals surface area contributed by atoms with Crippen molar-refractivity contribution < 1.29 is 9.84 Å². The molecule has 0 spiro atoms. The minimum Gasteiger partial charge on any atom is -0.506 e. The first kappa shape index (κ1) is 8.51. The van der Waals surface area contributed by atoms with Gasteiger partial charge in [0.05, 0.1) is 6.20 Å². The van der Waals surface area contributed by atoms with Crippen LogP contribution in [0.25, 0.3) is 0 Å². The summed E-state index contributed by atoms with van der Waals surface area (Å²) in [5, 5.41) is 9.25. The first-order valence-corrected chi connectivity index (χ1v) is 4.58. The van der Waals surface area contributed by atoms with Gasteiger partial charge in [0.1, 0.15) is 5.75 Å². The third kappa shape index (κ3) is 1.98. The molecule has 0 unspecified atom stereocenters. The molecule has 3 nitrogen and oxygen atoms in total. The van der Waals surface area contributed by atoms with E-state index in [0.29, 0.717) is 5.92 Å². The molecule has 2 heterocycles. The first-order valence-electron chi connectivity index (χ1n) is 4.58. The molecule has 0 saturated carbocycles. The lowest BCUT2D eigenvalue weighted by molar-refractivity contribution is 0.0852. The SMILES string of the molecule is Oc1cncc(C2CCOCC2)c1. The maximum absolute atomic E-state index is 9.25. The summed E-state index contributed by atoms with van der Waals surface area (Å²) in [5.74, 6) is 0.761. The molecule has 1 aromatic rings. The standard InChI is InChI=1S/C10H13NO2/c12-10-5-9(6-11-7-10)8-1-3-13-4-2-8/h5-8,12H,1-4H2. The van der Waals surface area contributed by atoms with Crippen LogP contribution in [-0.2, 0) is 4.74 Å². The van der Waals surface area contributed by atoms with Crippen LogP contribution in [0.5, 0.6) is 5.75 Å². The van der Waals surface area contributed by atoms with Crippen LogP contribution in [-0.4, -0.2) is 23.3 Å². The lowest BCUT2D eigenvalue weighted by Gasteiger charge is -2.21. The Kier molecular flexibility index (Phi) is 2.45. The van der Waals surface area contributed by atoms with Gasteiger partial charge in [-0.15, -0.1) is 0 Å². The Morgan fingerprint density at radius 2 is 2.08 bits per heavy atom. The number of hydrogen-bond acceptors (Lipinski definition) is 3. The van der Waals surface area contributed by atoms with E-state index in [1.165, 1.54) is 6.20 Å². The summed E-state index contributed by atoms with van der Waals surface area (Å²) in [6.45, 7) is 1.64. The second-order valence-corrected chi connectivity index (χ2v) is 3.36. The van der Waals surface area contributed by atoms with Gasteiger partial charge < -0.3 is 9.84 Å². The number of ether oxygens (including phenoxy) is 1. The van der Waals surface area contributed by atoms with E-state index in [0.717, 1.165) is 31.6 Å². The van der Waals surface area contributed by atoms with Crippen molar-refractivity contribution in [2.75, 3.05) is 13.2 Å². The summed E-state index contributed by atoms with van der Waals surface area (Å²) in [4.78, 5) is 3.97. The largest absolute Gasteiger partial charge is 0.506 e. The molecular formula is C10H13NO2. The van der Waals surface area contributed by atoms with Crippen molar-refractivity contribution in [1.82, 2.24) is 4.98 Å². The van der Waals surface area contributed by atoms with Crippen molar-refractivity contribution in [3.05, 3.63) is 24.0 Å². The van der Waals surface area contributed by atoms with Crippen LogP contribution in [0.3, 0.4) is 0 Å². The highest BCUT2D eigenvalue weighted by Crippen LogP contribution is 2.27. The molecule has 0 atom stereocenters. The maximum Gasteiger partial charge on any atom is 0.134 e. The Bertz CT molecular complexity index is 282. The molecule has 1 N–H and O–H groups in total. The molecule has 1 aliphatic heterocycles. The summed E-state index contributed by atoms with van der Waals surface area (Å²) in [7, 11) is 0. The van der Waals surface area contributed by atoms with E-state index in [1.807, 2.05) is 6.20 Å². The normalized spacial score (nSPS) is 18.8. The third-order valence-corrected chi connectivity index (χ3v) is 2.44. The molecule has 0 amide bonds. The fourth-order valence-electron chi connectivity index (χ4n) is 1.70. The molecule has 1 aliphatic rings. The smallest absolute Gasteiger partial charge is 0.134 e. The van der Waals surface area contributed by atoms with Gasteiger partial charge in [-0.1, -0.05) is 0 Å². The zero-order valence-electron chi connectivity index (χ0n) is 7.44. The van der Waals surface area contributed by atoms with Gasteiger partial charge in [-0.3, -0.25) is 4.98 Å². The van der Waals surface area contributed by atoms with Crippen LogP contribution in [0.2, 0.25) is 0 Å². The predicted molar refractivity (Wildman–Crippen MR) is 48.7 cm³/mol. The number of nitrogens with zero attached hydrogens (tertiary/aromatic N) is 1. The van der Waals surface area contributed by atoms with Crippen molar-refractivity contribution >= 4 is 0 Å². The van der Waals surface area contributed by atoms with Gasteiger partial charge >= 0.3 is 0 Å². The fraction of sp³-hybridized carbons (Fsp3) is 0.500. The van der Waals surface area contributed by atoms with Crippen molar-refractivity contribution in [1.29, 1.82) is 0 Å². The topological polar surface area (TPSA) is 42.4 Å².